The summed E-state index contributed by atoms with van der Waals surface area (Å²) in [7, 11) is 0. The Morgan fingerprint density at radius 3 is 2.95 bits per heavy atom. The normalized spacial score (nSPS) is 20.0. The molecule has 1 fully saturated rings. The Bertz CT molecular complexity index is 422. The number of rotatable bonds is 6. The van der Waals surface area contributed by atoms with E-state index in [1.54, 1.807) is 6.07 Å². The van der Waals surface area contributed by atoms with E-state index in [0.717, 1.165) is 50.5 Å². The number of phenols is 1. The van der Waals surface area contributed by atoms with Crippen molar-refractivity contribution in [2.45, 2.75) is 39.3 Å². The molecule has 4 heteroatoms. The van der Waals surface area contributed by atoms with Crippen LogP contribution in [-0.4, -0.2) is 42.4 Å². The molecule has 0 aromatic heterocycles. The molecule has 1 aromatic rings. The molecule has 4 nitrogen and oxygen atoms in total. The molecule has 1 N–H and O–H groups in total. The van der Waals surface area contributed by atoms with Gasteiger partial charge in [-0.1, -0.05) is 19.9 Å². The molecule has 1 aliphatic heterocycles. The summed E-state index contributed by atoms with van der Waals surface area (Å²) in [6, 6.07) is 6.06. The lowest BCUT2D eigenvalue weighted by atomic mass is 10.1. The van der Waals surface area contributed by atoms with E-state index in [-0.39, 0.29) is 0 Å². The number of ether oxygens (including phenoxy) is 2. The number of nitrogens with zero attached hydrogens (tertiary/aromatic N) is 1. The van der Waals surface area contributed by atoms with Crippen LogP contribution in [0.15, 0.2) is 18.2 Å². The van der Waals surface area contributed by atoms with Crippen LogP contribution >= 0.6 is 0 Å². The van der Waals surface area contributed by atoms with Crippen molar-refractivity contribution in [3.8, 4) is 11.5 Å². The highest BCUT2D eigenvalue weighted by Crippen LogP contribution is 2.26. The fourth-order valence-corrected chi connectivity index (χ4v) is 2.48. The third kappa shape index (κ3) is 3.87. The average molecular weight is 279 g/mol. The lowest BCUT2D eigenvalue weighted by Gasteiger charge is -2.35. The van der Waals surface area contributed by atoms with E-state index in [1.807, 2.05) is 12.1 Å². The van der Waals surface area contributed by atoms with Crippen LogP contribution in [0.2, 0.25) is 0 Å². The molecule has 0 radical (unpaired) electrons. The van der Waals surface area contributed by atoms with Crippen LogP contribution in [0.4, 0.5) is 0 Å². The number of aromatic hydroxyl groups is 1. The molecule has 0 bridgehead atoms. The van der Waals surface area contributed by atoms with Gasteiger partial charge in [0.25, 0.3) is 0 Å². The Hall–Kier alpha value is -1.26. The second kappa shape index (κ2) is 7.50. The van der Waals surface area contributed by atoms with E-state index in [9.17, 15) is 5.11 Å². The van der Waals surface area contributed by atoms with E-state index >= 15 is 0 Å². The van der Waals surface area contributed by atoms with Crippen molar-refractivity contribution < 1.29 is 14.6 Å². The van der Waals surface area contributed by atoms with Gasteiger partial charge in [-0.05, 0) is 18.9 Å². The molecule has 0 aliphatic carbocycles. The van der Waals surface area contributed by atoms with Gasteiger partial charge in [0, 0.05) is 30.8 Å². The Morgan fingerprint density at radius 1 is 1.40 bits per heavy atom. The first-order chi connectivity index (χ1) is 9.74. The van der Waals surface area contributed by atoms with Crippen molar-refractivity contribution in [1.82, 2.24) is 4.90 Å². The van der Waals surface area contributed by atoms with E-state index in [4.69, 9.17) is 9.47 Å². The second-order valence-electron chi connectivity index (χ2n) is 5.25. The highest BCUT2D eigenvalue weighted by atomic mass is 16.5. The molecule has 1 saturated heterocycles. The Morgan fingerprint density at radius 2 is 2.25 bits per heavy atom. The summed E-state index contributed by atoms with van der Waals surface area (Å²) in [6.07, 6.45) is 2.03. The summed E-state index contributed by atoms with van der Waals surface area (Å²) < 4.78 is 11.0. The number of phenolic OH excluding ortho intramolecular Hbond substituents is 1. The first-order valence-corrected chi connectivity index (χ1v) is 7.51. The van der Waals surface area contributed by atoms with Gasteiger partial charge >= 0.3 is 0 Å². The van der Waals surface area contributed by atoms with Crippen LogP contribution < -0.4 is 4.74 Å². The number of benzene rings is 1. The Labute approximate surface area is 121 Å². The van der Waals surface area contributed by atoms with Crippen molar-refractivity contribution in [2.24, 2.45) is 0 Å². The number of hydrogen-bond donors (Lipinski definition) is 1. The standard InChI is InChI=1S/C16H25NO3/c1-3-8-20-15-6-5-13(16(18)10-15)11-17-7-9-19-12-14(17)4-2/h5-6,10,14,18H,3-4,7-9,11-12H2,1-2H3. The molecule has 2 rings (SSSR count). The summed E-state index contributed by atoms with van der Waals surface area (Å²) >= 11 is 0. The van der Waals surface area contributed by atoms with Crippen LogP contribution in [0.5, 0.6) is 11.5 Å². The molecular weight excluding hydrogens is 254 g/mol. The van der Waals surface area contributed by atoms with Crippen molar-refractivity contribution in [3.63, 3.8) is 0 Å². The summed E-state index contributed by atoms with van der Waals surface area (Å²) in [6.45, 7) is 8.17. The van der Waals surface area contributed by atoms with Gasteiger partial charge in [-0.15, -0.1) is 0 Å². The summed E-state index contributed by atoms with van der Waals surface area (Å²) in [5, 5.41) is 10.1. The SMILES string of the molecule is CCCOc1ccc(CN2CCOCC2CC)c(O)c1. The molecular formula is C16H25NO3. The van der Waals surface area contributed by atoms with Crippen LogP contribution in [-0.2, 0) is 11.3 Å². The molecule has 1 aliphatic rings. The van der Waals surface area contributed by atoms with Gasteiger partial charge in [-0.25, -0.2) is 0 Å². The zero-order valence-corrected chi connectivity index (χ0v) is 12.5. The zero-order valence-electron chi connectivity index (χ0n) is 12.5. The monoisotopic (exact) mass is 279 g/mol. The second-order valence-corrected chi connectivity index (χ2v) is 5.25. The van der Waals surface area contributed by atoms with Crippen LogP contribution in [0.25, 0.3) is 0 Å². The average Bonchev–Trinajstić information content (AvgIpc) is 2.48. The van der Waals surface area contributed by atoms with Gasteiger partial charge in [0.2, 0.25) is 0 Å². The van der Waals surface area contributed by atoms with Crippen LogP contribution in [0, 0.1) is 0 Å². The van der Waals surface area contributed by atoms with Gasteiger partial charge in [-0.3, -0.25) is 4.90 Å². The predicted molar refractivity (Wildman–Crippen MR) is 79.2 cm³/mol. The quantitative estimate of drug-likeness (QED) is 0.869. The van der Waals surface area contributed by atoms with Crippen LogP contribution in [0.1, 0.15) is 32.3 Å². The first kappa shape index (κ1) is 15.1. The lowest BCUT2D eigenvalue weighted by molar-refractivity contribution is -0.0130. The highest BCUT2D eigenvalue weighted by molar-refractivity contribution is 5.39. The smallest absolute Gasteiger partial charge is 0.123 e. The molecule has 1 unspecified atom stereocenters. The Balaban J connectivity index is 2.01. The predicted octanol–water partition coefficient (Wildman–Crippen LogP) is 2.79. The van der Waals surface area contributed by atoms with Gasteiger partial charge < -0.3 is 14.6 Å². The minimum atomic E-state index is 0.319. The van der Waals surface area contributed by atoms with Gasteiger partial charge in [0.05, 0.1) is 19.8 Å². The van der Waals surface area contributed by atoms with E-state index in [2.05, 4.69) is 18.7 Å². The van der Waals surface area contributed by atoms with Crippen molar-refractivity contribution in [1.29, 1.82) is 0 Å². The molecule has 1 aromatic carbocycles. The fourth-order valence-electron chi connectivity index (χ4n) is 2.48. The highest BCUT2D eigenvalue weighted by Gasteiger charge is 2.22. The minimum absolute atomic E-state index is 0.319. The van der Waals surface area contributed by atoms with Crippen molar-refractivity contribution >= 4 is 0 Å². The van der Waals surface area contributed by atoms with Gasteiger partial charge in [0.15, 0.2) is 0 Å². The zero-order chi connectivity index (χ0) is 14.4. The largest absolute Gasteiger partial charge is 0.507 e. The first-order valence-electron chi connectivity index (χ1n) is 7.51. The lowest BCUT2D eigenvalue weighted by Crippen LogP contribution is -2.44. The maximum atomic E-state index is 10.1. The molecule has 1 atom stereocenters. The number of hydrogen-bond acceptors (Lipinski definition) is 4. The summed E-state index contributed by atoms with van der Waals surface area (Å²) in [5.74, 6) is 1.06. The minimum Gasteiger partial charge on any atom is -0.507 e. The van der Waals surface area contributed by atoms with E-state index < -0.39 is 0 Å². The topological polar surface area (TPSA) is 41.9 Å². The van der Waals surface area contributed by atoms with E-state index in [1.165, 1.54) is 0 Å². The molecule has 0 spiro atoms. The molecule has 0 saturated carbocycles. The molecule has 112 valence electrons. The Kier molecular flexibility index (Phi) is 5.68. The van der Waals surface area contributed by atoms with E-state index in [0.29, 0.717) is 18.4 Å². The third-order valence-electron chi connectivity index (χ3n) is 3.72. The van der Waals surface area contributed by atoms with Crippen LogP contribution in [0.3, 0.4) is 0 Å². The maximum Gasteiger partial charge on any atom is 0.123 e. The molecule has 20 heavy (non-hydrogen) atoms. The molecule has 0 amide bonds. The van der Waals surface area contributed by atoms with Gasteiger partial charge in [-0.2, -0.15) is 0 Å². The maximum absolute atomic E-state index is 10.1. The summed E-state index contributed by atoms with van der Waals surface area (Å²) in [4.78, 5) is 2.38. The van der Waals surface area contributed by atoms with Crippen molar-refractivity contribution in [3.05, 3.63) is 23.8 Å². The fraction of sp³-hybridized carbons (Fsp3) is 0.625. The summed E-state index contributed by atoms with van der Waals surface area (Å²) in [5.41, 5.74) is 0.953. The van der Waals surface area contributed by atoms with Crippen molar-refractivity contribution in [2.75, 3.05) is 26.4 Å². The third-order valence-corrected chi connectivity index (χ3v) is 3.72. The van der Waals surface area contributed by atoms with Gasteiger partial charge in [0.1, 0.15) is 11.5 Å². The number of morpholine rings is 1. The molecule has 1 heterocycles.